The van der Waals surface area contributed by atoms with Gasteiger partial charge in [0.05, 0.1) is 22.0 Å². The van der Waals surface area contributed by atoms with E-state index in [2.05, 4.69) is 18.4 Å². The smallest absolute Gasteiger partial charge is 0.127 e. The highest BCUT2D eigenvalue weighted by Gasteiger charge is 2.32. The molecule has 1 saturated heterocycles. The Morgan fingerprint density at radius 2 is 2.19 bits per heavy atom. The Hall–Kier alpha value is -0.770. The van der Waals surface area contributed by atoms with Gasteiger partial charge in [-0.05, 0) is 51.8 Å². The third-order valence-electron chi connectivity index (χ3n) is 4.07. The van der Waals surface area contributed by atoms with Gasteiger partial charge in [-0.3, -0.25) is 0 Å². The second-order valence-corrected chi connectivity index (χ2v) is 7.43. The highest BCUT2D eigenvalue weighted by Crippen LogP contribution is 2.37. The number of ether oxygens (including phenoxy) is 1. The van der Waals surface area contributed by atoms with E-state index in [0.717, 1.165) is 41.3 Å². The molecule has 1 aliphatic heterocycles. The number of hydrogen-bond acceptors (Lipinski definition) is 2. The van der Waals surface area contributed by atoms with Gasteiger partial charge in [-0.2, -0.15) is 0 Å². The molecule has 1 aromatic carbocycles. The minimum atomic E-state index is -0.137. The Bertz CT molecular complexity index is 664. The molecule has 0 bridgehead atoms. The molecule has 0 radical (unpaired) electrons. The standard InChI is InChI=1S/C16H20Cl2N2O/c1-10(17)15-19-13-5-4-11(18)8-14(13)20(15)12-6-7-21-16(2,3)9-12/h4-5,8,10,12H,6-7,9H2,1-3H3. The van der Waals surface area contributed by atoms with Gasteiger partial charge in [0.25, 0.3) is 0 Å². The number of imidazole rings is 1. The summed E-state index contributed by atoms with van der Waals surface area (Å²) in [6.45, 7) is 6.99. The summed E-state index contributed by atoms with van der Waals surface area (Å²) in [5.74, 6) is 0.914. The fourth-order valence-corrected chi connectivity index (χ4v) is 3.49. The summed E-state index contributed by atoms with van der Waals surface area (Å²) in [5.41, 5.74) is 1.89. The molecule has 21 heavy (non-hydrogen) atoms. The number of alkyl halides is 1. The third kappa shape index (κ3) is 2.92. The minimum absolute atomic E-state index is 0.120. The van der Waals surface area contributed by atoms with Gasteiger partial charge in [-0.25, -0.2) is 4.98 Å². The Morgan fingerprint density at radius 1 is 1.43 bits per heavy atom. The van der Waals surface area contributed by atoms with Gasteiger partial charge in [-0.1, -0.05) is 11.6 Å². The molecule has 3 rings (SSSR count). The molecule has 1 fully saturated rings. The van der Waals surface area contributed by atoms with Crippen LogP contribution < -0.4 is 0 Å². The molecule has 1 aliphatic rings. The average molecular weight is 327 g/mol. The number of nitrogens with zero attached hydrogens (tertiary/aromatic N) is 2. The van der Waals surface area contributed by atoms with Crippen molar-refractivity contribution in [1.29, 1.82) is 0 Å². The topological polar surface area (TPSA) is 27.1 Å². The maximum absolute atomic E-state index is 6.36. The van der Waals surface area contributed by atoms with E-state index < -0.39 is 0 Å². The summed E-state index contributed by atoms with van der Waals surface area (Å²) < 4.78 is 8.10. The summed E-state index contributed by atoms with van der Waals surface area (Å²) in [4.78, 5) is 4.71. The molecule has 3 nitrogen and oxygen atoms in total. The van der Waals surface area contributed by atoms with E-state index in [9.17, 15) is 0 Å². The molecule has 0 spiro atoms. The Balaban J connectivity index is 2.14. The zero-order valence-corrected chi connectivity index (χ0v) is 14.1. The Labute approximate surface area is 135 Å². The van der Waals surface area contributed by atoms with Crippen LogP contribution in [0.15, 0.2) is 18.2 Å². The number of rotatable bonds is 2. The normalized spacial score (nSPS) is 23.4. The number of halogens is 2. The van der Waals surface area contributed by atoms with E-state index >= 15 is 0 Å². The first-order valence-corrected chi connectivity index (χ1v) is 8.14. The predicted molar refractivity (Wildman–Crippen MR) is 87.3 cm³/mol. The predicted octanol–water partition coefficient (Wildman–Crippen LogP) is 5.12. The summed E-state index contributed by atoms with van der Waals surface area (Å²) in [6, 6.07) is 6.15. The summed E-state index contributed by atoms with van der Waals surface area (Å²) in [5, 5.41) is 0.589. The average Bonchev–Trinajstić information content (AvgIpc) is 2.76. The van der Waals surface area contributed by atoms with Crippen molar-refractivity contribution in [3.8, 4) is 0 Å². The lowest BCUT2D eigenvalue weighted by Gasteiger charge is -2.37. The van der Waals surface area contributed by atoms with Crippen molar-refractivity contribution in [2.24, 2.45) is 0 Å². The van der Waals surface area contributed by atoms with E-state index in [0.29, 0.717) is 6.04 Å². The van der Waals surface area contributed by atoms with Crippen molar-refractivity contribution < 1.29 is 4.74 Å². The largest absolute Gasteiger partial charge is 0.375 e. The van der Waals surface area contributed by atoms with Crippen molar-refractivity contribution in [3.05, 3.63) is 29.0 Å². The molecule has 114 valence electrons. The summed E-state index contributed by atoms with van der Waals surface area (Å²) in [7, 11) is 0. The van der Waals surface area contributed by atoms with Crippen LogP contribution in [0.25, 0.3) is 11.0 Å². The molecule has 2 heterocycles. The number of aromatic nitrogens is 2. The van der Waals surface area contributed by atoms with Crippen molar-refractivity contribution in [2.45, 2.75) is 50.6 Å². The van der Waals surface area contributed by atoms with Gasteiger partial charge in [0.2, 0.25) is 0 Å². The number of benzene rings is 1. The summed E-state index contributed by atoms with van der Waals surface area (Å²) >= 11 is 12.5. The van der Waals surface area contributed by atoms with Crippen molar-refractivity contribution in [2.75, 3.05) is 6.61 Å². The molecule has 0 amide bonds. The monoisotopic (exact) mass is 326 g/mol. The van der Waals surface area contributed by atoms with Crippen molar-refractivity contribution in [1.82, 2.24) is 9.55 Å². The van der Waals surface area contributed by atoms with Crippen molar-refractivity contribution in [3.63, 3.8) is 0 Å². The molecule has 2 aromatic rings. The van der Waals surface area contributed by atoms with Gasteiger partial charge in [0.15, 0.2) is 0 Å². The second kappa shape index (κ2) is 5.45. The highest BCUT2D eigenvalue weighted by molar-refractivity contribution is 6.31. The quantitative estimate of drug-likeness (QED) is 0.716. The fraction of sp³-hybridized carbons (Fsp3) is 0.562. The molecule has 0 aliphatic carbocycles. The van der Waals surface area contributed by atoms with E-state index in [1.54, 1.807) is 0 Å². The van der Waals surface area contributed by atoms with Crippen LogP contribution in [0, 0.1) is 0 Å². The molecule has 0 saturated carbocycles. The Kier molecular flexibility index (Phi) is 3.93. The van der Waals surface area contributed by atoms with Crippen LogP contribution in [0.2, 0.25) is 5.02 Å². The summed E-state index contributed by atoms with van der Waals surface area (Å²) in [6.07, 6.45) is 1.92. The van der Waals surface area contributed by atoms with E-state index in [4.69, 9.17) is 32.9 Å². The van der Waals surface area contributed by atoms with Crippen LogP contribution in [-0.4, -0.2) is 21.8 Å². The van der Waals surface area contributed by atoms with E-state index in [1.165, 1.54) is 0 Å². The van der Waals surface area contributed by atoms with Crippen LogP contribution in [0.1, 0.15) is 50.9 Å². The number of hydrogen-bond donors (Lipinski definition) is 0. The molecule has 5 heteroatoms. The van der Waals surface area contributed by atoms with Gasteiger partial charge >= 0.3 is 0 Å². The van der Waals surface area contributed by atoms with Gasteiger partial charge in [0.1, 0.15) is 5.82 Å². The zero-order chi connectivity index (χ0) is 15.2. The molecule has 1 aromatic heterocycles. The second-order valence-electron chi connectivity index (χ2n) is 6.34. The molecule has 0 N–H and O–H groups in total. The lowest BCUT2D eigenvalue weighted by molar-refractivity contribution is -0.0688. The van der Waals surface area contributed by atoms with Gasteiger partial charge in [-0.15, -0.1) is 11.6 Å². The maximum atomic E-state index is 6.36. The van der Waals surface area contributed by atoms with Crippen molar-refractivity contribution >= 4 is 34.2 Å². The molecular weight excluding hydrogens is 307 g/mol. The molecule has 2 unspecified atom stereocenters. The van der Waals surface area contributed by atoms with Crippen LogP contribution in [0.3, 0.4) is 0 Å². The first kappa shape index (κ1) is 15.1. The first-order chi connectivity index (χ1) is 9.87. The van der Waals surface area contributed by atoms with Gasteiger partial charge < -0.3 is 9.30 Å². The van der Waals surface area contributed by atoms with Crippen LogP contribution >= 0.6 is 23.2 Å². The SMILES string of the molecule is CC(Cl)c1nc2ccc(Cl)cc2n1C1CCOC(C)(C)C1. The first-order valence-electron chi connectivity index (χ1n) is 7.33. The Morgan fingerprint density at radius 3 is 2.86 bits per heavy atom. The minimum Gasteiger partial charge on any atom is -0.375 e. The van der Waals surface area contributed by atoms with Crippen LogP contribution in [0.5, 0.6) is 0 Å². The molecule has 2 atom stereocenters. The van der Waals surface area contributed by atoms with E-state index in [-0.39, 0.29) is 11.0 Å². The van der Waals surface area contributed by atoms with Gasteiger partial charge in [0, 0.05) is 17.7 Å². The van der Waals surface area contributed by atoms with Crippen LogP contribution in [-0.2, 0) is 4.74 Å². The van der Waals surface area contributed by atoms with Crippen LogP contribution in [0.4, 0.5) is 0 Å². The highest BCUT2D eigenvalue weighted by atomic mass is 35.5. The molecular formula is C16H20Cl2N2O. The lowest BCUT2D eigenvalue weighted by Crippen LogP contribution is -2.35. The number of fused-ring (bicyclic) bond motifs is 1. The van der Waals surface area contributed by atoms with E-state index in [1.807, 2.05) is 25.1 Å². The fourth-order valence-electron chi connectivity index (χ4n) is 3.17. The third-order valence-corrected chi connectivity index (χ3v) is 4.50. The zero-order valence-electron chi connectivity index (χ0n) is 12.6. The maximum Gasteiger partial charge on any atom is 0.127 e. The lowest BCUT2D eigenvalue weighted by atomic mass is 9.93.